The predicted octanol–water partition coefficient (Wildman–Crippen LogP) is 3.62. The van der Waals surface area contributed by atoms with Gasteiger partial charge < -0.3 is 5.32 Å². The molecule has 1 heterocycles. The molecule has 0 radical (unpaired) electrons. The van der Waals surface area contributed by atoms with Crippen LogP contribution in [0, 0.1) is 11.7 Å². The molecule has 1 N–H and O–H groups in total. The maximum atomic E-state index is 14.3. The van der Waals surface area contributed by atoms with Crippen molar-refractivity contribution in [2.75, 3.05) is 26.2 Å². The highest BCUT2D eigenvalue weighted by molar-refractivity contribution is 6.30. The van der Waals surface area contributed by atoms with Gasteiger partial charge in [-0.15, -0.1) is 0 Å². The van der Waals surface area contributed by atoms with Crippen LogP contribution in [0.1, 0.15) is 37.3 Å². The third-order valence-electron chi connectivity index (χ3n) is 4.67. The van der Waals surface area contributed by atoms with Crippen LogP contribution in [0.2, 0.25) is 5.02 Å². The highest BCUT2D eigenvalue weighted by Gasteiger charge is 2.33. The van der Waals surface area contributed by atoms with Crippen molar-refractivity contribution >= 4 is 11.6 Å². The summed E-state index contributed by atoms with van der Waals surface area (Å²) in [5.74, 6) is 0.464. The predicted molar refractivity (Wildman–Crippen MR) is 80.6 cm³/mol. The summed E-state index contributed by atoms with van der Waals surface area (Å²) in [5.41, 5.74) is 0.798. The van der Waals surface area contributed by atoms with Gasteiger partial charge in [0.25, 0.3) is 0 Å². The molecule has 0 aromatic heterocycles. The quantitative estimate of drug-likeness (QED) is 0.916. The molecule has 3 rings (SSSR count). The van der Waals surface area contributed by atoms with E-state index in [1.807, 2.05) is 6.07 Å². The average Bonchev–Trinajstić information content (AvgIpc) is 2.98. The molecule has 0 unspecified atom stereocenters. The van der Waals surface area contributed by atoms with E-state index in [0.29, 0.717) is 10.9 Å². The average molecular weight is 297 g/mol. The van der Waals surface area contributed by atoms with Crippen molar-refractivity contribution in [3.8, 4) is 0 Å². The monoisotopic (exact) mass is 296 g/mol. The smallest absolute Gasteiger partial charge is 0.128 e. The van der Waals surface area contributed by atoms with Gasteiger partial charge in [0, 0.05) is 42.8 Å². The molecule has 1 aromatic rings. The van der Waals surface area contributed by atoms with Crippen molar-refractivity contribution in [3.05, 3.63) is 34.6 Å². The normalized spacial score (nSPS) is 23.1. The minimum Gasteiger partial charge on any atom is -0.314 e. The fourth-order valence-corrected chi connectivity index (χ4v) is 3.90. The van der Waals surface area contributed by atoms with E-state index >= 15 is 0 Å². The van der Waals surface area contributed by atoms with Crippen LogP contribution in [-0.2, 0) is 0 Å². The summed E-state index contributed by atoms with van der Waals surface area (Å²) in [6.07, 6.45) is 4.96. The Kier molecular flexibility index (Phi) is 4.59. The SMILES string of the molecule is Fc1ccc(Cl)cc1[C@H](C1CCCC1)N1CCNCC1. The van der Waals surface area contributed by atoms with Crippen molar-refractivity contribution in [2.45, 2.75) is 31.7 Å². The summed E-state index contributed by atoms with van der Waals surface area (Å²) in [4.78, 5) is 2.45. The van der Waals surface area contributed by atoms with Gasteiger partial charge in [0.2, 0.25) is 0 Å². The Bertz CT molecular complexity index is 454. The number of hydrogen-bond acceptors (Lipinski definition) is 2. The fourth-order valence-electron chi connectivity index (χ4n) is 3.72. The number of nitrogens with zero attached hydrogens (tertiary/aromatic N) is 1. The van der Waals surface area contributed by atoms with Crippen LogP contribution >= 0.6 is 11.6 Å². The molecule has 20 heavy (non-hydrogen) atoms. The van der Waals surface area contributed by atoms with E-state index in [-0.39, 0.29) is 11.9 Å². The Balaban J connectivity index is 1.92. The van der Waals surface area contributed by atoms with Crippen molar-refractivity contribution in [1.29, 1.82) is 0 Å². The number of hydrogen-bond donors (Lipinski definition) is 1. The third-order valence-corrected chi connectivity index (χ3v) is 4.90. The second-order valence-electron chi connectivity index (χ2n) is 5.94. The van der Waals surface area contributed by atoms with Crippen molar-refractivity contribution < 1.29 is 4.39 Å². The maximum absolute atomic E-state index is 14.3. The van der Waals surface area contributed by atoms with E-state index in [9.17, 15) is 4.39 Å². The number of benzene rings is 1. The van der Waals surface area contributed by atoms with E-state index in [4.69, 9.17) is 11.6 Å². The lowest BCUT2D eigenvalue weighted by Gasteiger charge is -2.38. The third kappa shape index (κ3) is 3.00. The van der Waals surface area contributed by atoms with E-state index in [0.717, 1.165) is 31.7 Å². The summed E-state index contributed by atoms with van der Waals surface area (Å²) in [6.45, 7) is 3.97. The largest absolute Gasteiger partial charge is 0.314 e. The highest BCUT2D eigenvalue weighted by atomic mass is 35.5. The Hall–Kier alpha value is -0.640. The molecular formula is C16H22ClFN2. The van der Waals surface area contributed by atoms with Crippen LogP contribution in [0.25, 0.3) is 0 Å². The van der Waals surface area contributed by atoms with Gasteiger partial charge in [-0.2, -0.15) is 0 Å². The van der Waals surface area contributed by atoms with Gasteiger partial charge in [0.15, 0.2) is 0 Å². The minimum absolute atomic E-state index is 0.107. The van der Waals surface area contributed by atoms with Gasteiger partial charge >= 0.3 is 0 Å². The van der Waals surface area contributed by atoms with Crippen LogP contribution in [0.5, 0.6) is 0 Å². The zero-order valence-corrected chi connectivity index (χ0v) is 12.5. The van der Waals surface area contributed by atoms with E-state index < -0.39 is 0 Å². The molecular weight excluding hydrogens is 275 g/mol. The lowest BCUT2D eigenvalue weighted by atomic mass is 9.89. The summed E-state index contributed by atoms with van der Waals surface area (Å²) in [7, 11) is 0. The van der Waals surface area contributed by atoms with Gasteiger partial charge in [0.1, 0.15) is 5.82 Å². The maximum Gasteiger partial charge on any atom is 0.128 e. The first-order valence-corrected chi connectivity index (χ1v) is 8.03. The molecule has 1 aliphatic carbocycles. The van der Waals surface area contributed by atoms with E-state index in [1.165, 1.54) is 31.7 Å². The Labute approximate surface area is 125 Å². The van der Waals surface area contributed by atoms with E-state index in [1.54, 1.807) is 6.07 Å². The molecule has 0 bridgehead atoms. The molecule has 1 aromatic carbocycles. The highest BCUT2D eigenvalue weighted by Crippen LogP contribution is 2.41. The van der Waals surface area contributed by atoms with Crippen molar-refractivity contribution in [2.24, 2.45) is 5.92 Å². The number of nitrogens with one attached hydrogen (secondary N) is 1. The van der Waals surface area contributed by atoms with Crippen LogP contribution in [-0.4, -0.2) is 31.1 Å². The molecule has 0 amide bonds. The number of halogens is 2. The second kappa shape index (κ2) is 6.42. The van der Waals surface area contributed by atoms with Crippen LogP contribution < -0.4 is 5.32 Å². The standard InChI is InChI=1S/C16H22ClFN2/c17-13-5-6-15(18)14(11-13)16(12-3-1-2-4-12)20-9-7-19-8-10-20/h5-6,11-12,16,19H,1-4,7-10H2/t16-/m0/s1. The lowest BCUT2D eigenvalue weighted by molar-refractivity contribution is 0.122. The zero-order chi connectivity index (χ0) is 13.9. The number of rotatable bonds is 3. The Morgan fingerprint density at radius 3 is 2.60 bits per heavy atom. The van der Waals surface area contributed by atoms with Gasteiger partial charge in [-0.25, -0.2) is 4.39 Å². The lowest BCUT2D eigenvalue weighted by Crippen LogP contribution is -2.46. The Morgan fingerprint density at radius 2 is 1.90 bits per heavy atom. The molecule has 1 aliphatic heterocycles. The van der Waals surface area contributed by atoms with Crippen molar-refractivity contribution in [3.63, 3.8) is 0 Å². The fraction of sp³-hybridized carbons (Fsp3) is 0.625. The van der Waals surface area contributed by atoms with Crippen molar-refractivity contribution in [1.82, 2.24) is 10.2 Å². The molecule has 110 valence electrons. The van der Waals surface area contributed by atoms with Gasteiger partial charge in [-0.05, 0) is 37.0 Å². The molecule has 1 atom stereocenters. The molecule has 1 saturated heterocycles. The minimum atomic E-state index is -0.107. The first kappa shape index (κ1) is 14.3. The summed E-state index contributed by atoms with van der Waals surface area (Å²) in [6, 6.07) is 5.19. The van der Waals surface area contributed by atoms with E-state index in [2.05, 4.69) is 10.2 Å². The molecule has 0 spiro atoms. The summed E-state index contributed by atoms with van der Waals surface area (Å²) in [5, 5.41) is 4.01. The van der Waals surface area contributed by atoms with Crippen LogP contribution in [0.15, 0.2) is 18.2 Å². The van der Waals surface area contributed by atoms with Gasteiger partial charge in [0.05, 0.1) is 0 Å². The molecule has 2 nitrogen and oxygen atoms in total. The molecule has 1 saturated carbocycles. The summed E-state index contributed by atoms with van der Waals surface area (Å²) < 4.78 is 14.3. The topological polar surface area (TPSA) is 15.3 Å². The van der Waals surface area contributed by atoms with Crippen LogP contribution in [0.3, 0.4) is 0 Å². The van der Waals surface area contributed by atoms with Gasteiger partial charge in [-0.1, -0.05) is 24.4 Å². The molecule has 2 aliphatic rings. The second-order valence-corrected chi connectivity index (χ2v) is 6.38. The first-order chi connectivity index (χ1) is 9.75. The molecule has 4 heteroatoms. The Morgan fingerprint density at radius 1 is 1.20 bits per heavy atom. The van der Waals surface area contributed by atoms with Gasteiger partial charge in [-0.3, -0.25) is 4.90 Å². The summed E-state index contributed by atoms with van der Waals surface area (Å²) >= 11 is 6.11. The number of piperazine rings is 1. The van der Waals surface area contributed by atoms with Crippen LogP contribution in [0.4, 0.5) is 4.39 Å². The first-order valence-electron chi connectivity index (χ1n) is 7.65. The zero-order valence-electron chi connectivity index (χ0n) is 11.7. The molecule has 2 fully saturated rings.